The van der Waals surface area contributed by atoms with Crippen molar-refractivity contribution in [2.24, 2.45) is 4.99 Å². The van der Waals surface area contributed by atoms with Crippen molar-refractivity contribution in [3.05, 3.63) is 48.3 Å². The highest BCUT2D eigenvalue weighted by Gasteiger charge is 2.18. The second-order valence-electron chi connectivity index (χ2n) is 6.24. The Kier molecular flexibility index (Phi) is 7.75. The smallest absolute Gasteiger partial charge is 0.191 e. The van der Waals surface area contributed by atoms with Crippen LogP contribution in [0.3, 0.4) is 0 Å². The molecule has 0 bridgehead atoms. The van der Waals surface area contributed by atoms with Crippen LogP contribution < -0.4 is 10.6 Å². The number of halogens is 1. The van der Waals surface area contributed by atoms with E-state index in [9.17, 15) is 4.39 Å². The lowest BCUT2D eigenvalue weighted by atomic mass is 10.1. The molecule has 1 heterocycles. The summed E-state index contributed by atoms with van der Waals surface area (Å²) in [5.74, 6) is 0.692. The van der Waals surface area contributed by atoms with Crippen LogP contribution >= 0.6 is 0 Å². The minimum absolute atomic E-state index is 0.166. The molecule has 24 heavy (non-hydrogen) atoms. The number of hydrogen-bond acceptors (Lipinski definition) is 2. The summed E-state index contributed by atoms with van der Waals surface area (Å²) in [4.78, 5) is 6.72. The van der Waals surface area contributed by atoms with Gasteiger partial charge in [0.1, 0.15) is 5.82 Å². The maximum Gasteiger partial charge on any atom is 0.191 e. The minimum atomic E-state index is -0.166. The molecule has 2 rings (SSSR count). The van der Waals surface area contributed by atoms with Crippen LogP contribution in [0, 0.1) is 5.82 Å². The van der Waals surface area contributed by atoms with Crippen LogP contribution in [-0.4, -0.2) is 50.1 Å². The first-order valence-electron chi connectivity index (χ1n) is 8.76. The molecule has 1 aromatic rings. The second-order valence-corrected chi connectivity index (χ2v) is 6.24. The molecule has 0 radical (unpaired) electrons. The van der Waals surface area contributed by atoms with Crippen LogP contribution in [0.5, 0.6) is 0 Å². The molecule has 0 spiro atoms. The SMILES string of the molecule is C=CCN1CCC(NC(=NC)NCCCc2cccc(F)c2)CC1. The van der Waals surface area contributed by atoms with E-state index < -0.39 is 0 Å². The van der Waals surface area contributed by atoms with Crippen molar-refractivity contribution in [2.45, 2.75) is 31.7 Å². The number of rotatable bonds is 7. The third-order valence-corrected chi connectivity index (χ3v) is 4.36. The molecule has 1 saturated heterocycles. The van der Waals surface area contributed by atoms with Gasteiger partial charge in [0.25, 0.3) is 0 Å². The third kappa shape index (κ3) is 6.32. The van der Waals surface area contributed by atoms with Crippen molar-refractivity contribution < 1.29 is 4.39 Å². The standard InChI is InChI=1S/C19H29FN4/c1-3-12-24-13-9-18(10-14-24)23-19(21-2)22-11-5-7-16-6-4-8-17(20)15-16/h3-4,6,8,15,18H,1,5,7,9-14H2,2H3,(H2,21,22,23). The Morgan fingerprint density at radius 1 is 1.42 bits per heavy atom. The van der Waals surface area contributed by atoms with E-state index >= 15 is 0 Å². The number of guanidine groups is 1. The van der Waals surface area contributed by atoms with E-state index in [-0.39, 0.29) is 5.82 Å². The lowest BCUT2D eigenvalue weighted by molar-refractivity contribution is 0.225. The maximum absolute atomic E-state index is 13.1. The quantitative estimate of drug-likeness (QED) is 0.349. The lowest BCUT2D eigenvalue weighted by Gasteiger charge is -2.32. The molecule has 1 aliphatic rings. The van der Waals surface area contributed by atoms with E-state index in [1.165, 1.54) is 6.07 Å². The number of benzene rings is 1. The second kappa shape index (κ2) is 10.1. The first-order chi connectivity index (χ1) is 11.7. The van der Waals surface area contributed by atoms with Gasteiger partial charge in [-0.05, 0) is 43.4 Å². The van der Waals surface area contributed by atoms with Gasteiger partial charge in [-0.1, -0.05) is 18.2 Å². The highest BCUT2D eigenvalue weighted by Crippen LogP contribution is 2.10. The molecular formula is C19H29FN4. The first-order valence-corrected chi connectivity index (χ1v) is 8.76. The van der Waals surface area contributed by atoms with Gasteiger partial charge in [-0.3, -0.25) is 9.89 Å². The summed E-state index contributed by atoms with van der Waals surface area (Å²) < 4.78 is 13.1. The van der Waals surface area contributed by atoms with E-state index in [1.807, 2.05) is 12.1 Å². The van der Waals surface area contributed by atoms with E-state index in [4.69, 9.17) is 0 Å². The average molecular weight is 332 g/mol. The third-order valence-electron chi connectivity index (χ3n) is 4.36. The molecule has 0 saturated carbocycles. The zero-order valence-electron chi connectivity index (χ0n) is 14.6. The summed E-state index contributed by atoms with van der Waals surface area (Å²) in [6.07, 6.45) is 6.02. The molecule has 1 aromatic carbocycles. The Hall–Kier alpha value is -1.88. The Morgan fingerprint density at radius 2 is 2.21 bits per heavy atom. The van der Waals surface area contributed by atoms with E-state index in [1.54, 1.807) is 19.2 Å². The Labute approximate surface area is 144 Å². The number of likely N-dealkylation sites (tertiary alicyclic amines) is 1. The topological polar surface area (TPSA) is 39.7 Å². The lowest BCUT2D eigenvalue weighted by Crippen LogP contribution is -2.48. The number of aryl methyl sites for hydroxylation is 1. The van der Waals surface area contributed by atoms with Gasteiger partial charge in [-0.2, -0.15) is 0 Å². The van der Waals surface area contributed by atoms with Crippen molar-refractivity contribution in [3.8, 4) is 0 Å². The fraction of sp³-hybridized carbons (Fsp3) is 0.526. The summed E-state index contributed by atoms with van der Waals surface area (Å²) in [5.41, 5.74) is 1.04. The highest BCUT2D eigenvalue weighted by molar-refractivity contribution is 5.79. The maximum atomic E-state index is 13.1. The van der Waals surface area contributed by atoms with Crippen LogP contribution in [0.25, 0.3) is 0 Å². The predicted octanol–water partition coefficient (Wildman–Crippen LogP) is 2.57. The minimum Gasteiger partial charge on any atom is -0.356 e. The highest BCUT2D eigenvalue weighted by atomic mass is 19.1. The van der Waals surface area contributed by atoms with Crippen LogP contribution in [0.15, 0.2) is 41.9 Å². The normalized spacial score (nSPS) is 16.8. The Bertz CT molecular complexity index is 536. The van der Waals surface area contributed by atoms with Gasteiger partial charge in [0.2, 0.25) is 0 Å². The molecule has 1 fully saturated rings. The molecule has 0 aliphatic carbocycles. The fourth-order valence-corrected chi connectivity index (χ4v) is 3.02. The van der Waals surface area contributed by atoms with Crippen LogP contribution in [-0.2, 0) is 6.42 Å². The van der Waals surface area contributed by atoms with Gasteiger partial charge in [-0.25, -0.2) is 4.39 Å². The molecule has 1 aliphatic heterocycles. The van der Waals surface area contributed by atoms with Gasteiger partial charge >= 0.3 is 0 Å². The van der Waals surface area contributed by atoms with Crippen molar-refractivity contribution in [1.82, 2.24) is 15.5 Å². The molecule has 5 heteroatoms. The van der Waals surface area contributed by atoms with E-state index in [0.29, 0.717) is 6.04 Å². The largest absolute Gasteiger partial charge is 0.356 e. The van der Waals surface area contributed by atoms with Crippen molar-refractivity contribution >= 4 is 5.96 Å². The summed E-state index contributed by atoms with van der Waals surface area (Å²) in [5, 5.41) is 6.86. The molecule has 0 amide bonds. The van der Waals surface area contributed by atoms with Crippen molar-refractivity contribution in [3.63, 3.8) is 0 Å². The molecule has 132 valence electrons. The van der Waals surface area contributed by atoms with E-state index in [0.717, 1.165) is 63.4 Å². The van der Waals surface area contributed by atoms with Gasteiger partial charge in [0.15, 0.2) is 5.96 Å². The van der Waals surface area contributed by atoms with Crippen LogP contribution in [0.2, 0.25) is 0 Å². The van der Waals surface area contributed by atoms with Gasteiger partial charge in [-0.15, -0.1) is 6.58 Å². The molecule has 0 unspecified atom stereocenters. The summed E-state index contributed by atoms with van der Waals surface area (Å²) in [6.45, 7) is 7.79. The van der Waals surface area contributed by atoms with E-state index in [2.05, 4.69) is 27.1 Å². The number of nitrogens with zero attached hydrogens (tertiary/aromatic N) is 2. The van der Waals surface area contributed by atoms with Crippen molar-refractivity contribution in [1.29, 1.82) is 0 Å². The molecule has 4 nitrogen and oxygen atoms in total. The van der Waals surface area contributed by atoms with Crippen LogP contribution in [0.4, 0.5) is 4.39 Å². The van der Waals surface area contributed by atoms with Gasteiger partial charge in [0.05, 0.1) is 0 Å². The first kappa shape index (κ1) is 18.5. The predicted molar refractivity (Wildman–Crippen MR) is 98.9 cm³/mol. The number of hydrogen-bond donors (Lipinski definition) is 2. The molecule has 2 N–H and O–H groups in total. The number of aliphatic imine (C=N–C) groups is 1. The van der Waals surface area contributed by atoms with Crippen LogP contribution in [0.1, 0.15) is 24.8 Å². The Balaban J connectivity index is 1.65. The number of piperidine rings is 1. The van der Waals surface area contributed by atoms with Gasteiger partial charge < -0.3 is 10.6 Å². The molecule has 0 atom stereocenters. The fourth-order valence-electron chi connectivity index (χ4n) is 3.02. The van der Waals surface area contributed by atoms with Crippen molar-refractivity contribution in [2.75, 3.05) is 33.2 Å². The molecular weight excluding hydrogens is 303 g/mol. The number of nitrogens with one attached hydrogen (secondary N) is 2. The Morgan fingerprint density at radius 3 is 2.88 bits per heavy atom. The average Bonchev–Trinajstić information content (AvgIpc) is 2.59. The zero-order valence-corrected chi connectivity index (χ0v) is 14.6. The summed E-state index contributed by atoms with van der Waals surface area (Å²) >= 11 is 0. The zero-order chi connectivity index (χ0) is 17.2. The molecule has 0 aromatic heterocycles. The summed E-state index contributed by atoms with van der Waals surface area (Å²) in [6, 6.07) is 7.28. The monoisotopic (exact) mass is 332 g/mol. The summed E-state index contributed by atoms with van der Waals surface area (Å²) in [7, 11) is 1.80. The van der Waals surface area contributed by atoms with Gasteiger partial charge in [0, 0.05) is 39.3 Å².